The molecule has 6 heteroatoms. The predicted molar refractivity (Wildman–Crippen MR) is 105 cm³/mol. The zero-order valence-corrected chi connectivity index (χ0v) is 16.0. The minimum absolute atomic E-state index is 0.621. The van der Waals surface area contributed by atoms with Crippen LogP contribution in [0.25, 0.3) is 0 Å². The lowest BCUT2D eigenvalue weighted by Crippen LogP contribution is -2.36. The fourth-order valence-electron chi connectivity index (χ4n) is 4.29. The van der Waals surface area contributed by atoms with Crippen LogP contribution in [-0.4, -0.2) is 45.9 Å². The van der Waals surface area contributed by atoms with Gasteiger partial charge in [0.25, 0.3) is 0 Å². The molecular weight excluding hydrogens is 324 g/mol. The maximum absolute atomic E-state index is 4.56. The number of hydrogen-bond donors (Lipinski definition) is 0. The molecule has 4 heterocycles. The first-order chi connectivity index (χ1) is 12.7. The Morgan fingerprint density at radius 1 is 1.04 bits per heavy atom. The first-order valence-corrected chi connectivity index (χ1v) is 10.1. The third-order valence-corrected chi connectivity index (χ3v) is 5.89. The number of hydrogen-bond acceptors (Lipinski definition) is 5. The number of aryl methyl sites for hydroxylation is 1. The van der Waals surface area contributed by atoms with Crippen molar-refractivity contribution in [2.45, 2.75) is 52.0 Å². The molecule has 0 bridgehead atoms. The molecule has 2 aromatic rings. The molecule has 0 N–H and O–H groups in total. The van der Waals surface area contributed by atoms with Crippen LogP contribution in [0.5, 0.6) is 0 Å². The number of rotatable bonds is 4. The van der Waals surface area contributed by atoms with Crippen LogP contribution in [-0.2, 0) is 6.54 Å². The molecule has 1 unspecified atom stereocenters. The van der Waals surface area contributed by atoms with Gasteiger partial charge in [0, 0.05) is 45.0 Å². The summed E-state index contributed by atoms with van der Waals surface area (Å²) < 4.78 is 2.03. The minimum atomic E-state index is 0.621. The van der Waals surface area contributed by atoms with E-state index in [1.165, 1.54) is 18.4 Å². The monoisotopic (exact) mass is 354 g/mol. The van der Waals surface area contributed by atoms with Crippen molar-refractivity contribution in [3.05, 3.63) is 30.4 Å². The zero-order chi connectivity index (χ0) is 17.9. The van der Waals surface area contributed by atoms with Crippen LogP contribution in [0, 0.1) is 5.92 Å². The van der Waals surface area contributed by atoms with E-state index in [2.05, 4.69) is 51.0 Å². The Kier molecular flexibility index (Phi) is 5.09. The first-order valence-electron chi connectivity index (χ1n) is 10.1. The van der Waals surface area contributed by atoms with Gasteiger partial charge in [-0.2, -0.15) is 5.10 Å². The summed E-state index contributed by atoms with van der Waals surface area (Å²) in [6.45, 7) is 9.74. The van der Waals surface area contributed by atoms with E-state index in [1.54, 1.807) is 6.33 Å². The van der Waals surface area contributed by atoms with Crippen LogP contribution in [0.1, 0.15) is 51.0 Å². The van der Waals surface area contributed by atoms with Crippen molar-refractivity contribution >= 4 is 11.6 Å². The molecule has 140 valence electrons. The highest BCUT2D eigenvalue weighted by Crippen LogP contribution is 2.31. The Hall–Kier alpha value is -2.11. The SMILES string of the molecule is CCn1cc(C2CCN(c3cc(N4CCCC(C)C4)ncn3)CC2)cn1. The molecule has 2 aliphatic heterocycles. The molecule has 0 spiro atoms. The molecule has 6 nitrogen and oxygen atoms in total. The Balaban J connectivity index is 1.40. The fraction of sp³-hybridized carbons (Fsp3) is 0.650. The summed E-state index contributed by atoms with van der Waals surface area (Å²) in [5, 5.41) is 4.43. The summed E-state index contributed by atoms with van der Waals surface area (Å²) in [5.41, 5.74) is 1.39. The van der Waals surface area contributed by atoms with Crippen molar-refractivity contribution in [3.8, 4) is 0 Å². The second-order valence-corrected chi connectivity index (χ2v) is 7.82. The van der Waals surface area contributed by atoms with Crippen LogP contribution in [0.3, 0.4) is 0 Å². The Morgan fingerprint density at radius 2 is 1.81 bits per heavy atom. The fourth-order valence-corrected chi connectivity index (χ4v) is 4.29. The lowest BCUT2D eigenvalue weighted by atomic mass is 9.91. The van der Waals surface area contributed by atoms with Crippen LogP contribution in [0.15, 0.2) is 24.8 Å². The number of piperidine rings is 2. The minimum Gasteiger partial charge on any atom is -0.356 e. The normalized spacial score (nSPS) is 22.0. The average Bonchev–Trinajstić information content (AvgIpc) is 3.18. The first kappa shape index (κ1) is 17.3. The van der Waals surface area contributed by atoms with Gasteiger partial charge in [-0.15, -0.1) is 0 Å². The molecule has 26 heavy (non-hydrogen) atoms. The second-order valence-electron chi connectivity index (χ2n) is 7.82. The standard InChI is InChI=1S/C20H30N6/c1-3-26-14-18(12-23-26)17-6-9-24(10-7-17)19-11-20(22-15-21-19)25-8-4-5-16(2)13-25/h11-12,14-17H,3-10,13H2,1-2H3. The highest BCUT2D eigenvalue weighted by Gasteiger charge is 2.24. The van der Waals surface area contributed by atoms with Crippen LogP contribution >= 0.6 is 0 Å². The van der Waals surface area contributed by atoms with E-state index in [9.17, 15) is 0 Å². The van der Waals surface area contributed by atoms with E-state index in [-0.39, 0.29) is 0 Å². The largest absolute Gasteiger partial charge is 0.356 e. The van der Waals surface area contributed by atoms with Crippen molar-refractivity contribution in [1.29, 1.82) is 0 Å². The van der Waals surface area contributed by atoms with Gasteiger partial charge in [-0.3, -0.25) is 4.68 Å². The van der Waals surface area contributed by atoms with Crippen molar-refractivity contribution in [2.24, 2.45) is 5.92 Å². The summed E-state index contributed by atoms with van der Waals surface area (Å²) in [6, 6.07) is 2.19. The van der Waals surface area contributed by atoms with E-state index in [0.29, 0.717) is 5.92 Å². The highest BCUT2D eigenvalue weighted by molar-refractivity contribution is 5.50. The van der Waals surface area contributed by atoms with E-state index in [1.807, 2.05) is 10.9 Å². The zero-order valence-electron chi connectivity index (χ0n) is 16.0. The van der Waals surface area contributed by atoms with Crippen LogP contribution < -0.4 is 9.80 Å². The number of aromatic nitrogens is 4. The average molecular weight is 355 g/mol. The predicted octanol–water partition coefficient (Wildman–Crippen LogP) is 3.31. The summed E-state index contributed by atoms with van der Waals surface area (Å²) in [7, 11) is 0. The summed E-state index contributed by atoms with van der Waals surface area (Å²) in [4.78, 5) is 13.9. The van der Waals surface area contributed by atoms with E-state index in [0.717, 1.165) is 63.1 Å². The van der Waals surface area contributed by atoms with Gasteiger partial charge in [0.15, 0.2) is 0 Å². The van der Waals surface area contributed by atoms with Gasteiger partial charge in [-0.25, -0.2) is 9.97 Å². The Morgan fingerprint density at radius 3 is 2.50 bits per heavy atom. The van der Waals surface area contributed by atoms with Crippen molar-refractivity contribution in [3.63, 3.8) is 0 Å². The lowest BCUT2D eigenvalue weighted by molar-refractivity contribution is 0.444. The van der Waals surface area contributed by atoms with Gasteiger partial charge in [0.2, 0.25) is 0 Å². The lowest BCUT2D eigenvalue weighted by Gasteiger charge is -2.34. The van der Waals surface area contributed by atoms with Crippen molar-refractivity contribution in [2.75, 3.05) is 36.0 Å². The Labute approximate surface area is 156 Å². The molecule has 2 fully saturated rings. The van der Waals surface area contributed by atoms with Gasteiger partial charge >= 0.3 is 0 Å². The maximum atomic E-state index is 4.56. The molecule has 0 radical (unpaired) electrons. The van der Waals surface area contributed by atoms with Crippen LogP contribution in [0.4, 0.5) is 11.6 Å². The smallest absolute Gasteiger partial charge is 0.134 e. The molecule has 0 amide bonds. The summed E-state index contributed by atoms with van der Waals surface area (Å²) in [5.74, 6) is 3.54. The number of anilines is 2. The molecule has 2 saturated heterocycles. The van der Waals surface area contributed by atoms with Gasteiger partial charge < -0.3 is 9.80 Å². The quantitative estimate of drug-likeness (QED) is 0.843. The molecule has 2 aliphatic rings. The van der Waals surface area contributed by atoms with Gasteiger partial charge in [0.05, 0.1) is 6.20 Å². The Bertz CT molecular complexity index is 719. The molecular formula is C20H30N6. The summed E-state index contributed by atoms with van der Waals surface area (Å²) in [6.07, 6.45) is 10.9. The highest BCUT2D eigenvalue weighted by atomic mass is 15.3. The molecule has 0 saturated carbocycles. The molecule has 2 aromatic heterocycles. The van der Waals surface area contributed by atoms with E-state index >= 15 is 0 Å². The van der Waals surface area contributed by atoms with Gasteiger partial charge in [-0.05, 0) is 50.0 Å². The topological polar surface area (TPSA) is 50.1 Å². The van der Waals surface area contributed by atoms with E-state index in [4.69, 9.17) is 0 Å². The third kappa shape index (κ3) is 3.69. The maximum Gasteiger partial charge on any atom is 0.134 e. The molecule has 4 rings (SSSR count). The molecule has 1 atom stereocenters. The third-order valence-electron chi connectivity index (χ3n) is 5.89. The van der Waals surface area contributed by atoms with Gasteiger partial charge in [0.1, 0.15) is 18.0 Å². The number of nitrogens with zero attached hydrogens (tertiary/aromatic N) is 6. The van der Waals surface area contributed by atoms with Crippen LogP contribution in [0.2, 0.25) is 0 Å². The molecule has 0 aliphatic carbocycles. The van der Waals surface area contributed by atoms with Crippen molar-refractivity contribution in [1.82, 2.24) is 19.7 Å². The van der Waals surface area contributed by atoms with Crippen molar-refractivity contribution < 1.29 is 0 Å². The van der Waals surface area contributed by atoms with Gasteiger partial charge in [-0.1, -0.05) is 6.92 Å². The molecule has 0 aromatic carbocycles. The summed E-state index contributed by atoms with van der Waals surface area (Å²) >= 11 is 0. The second kappa shape index (κ2) is 7.64. The van der Waals surface area contributed by atoms with E-state index < -0.39 is 0 Å².